The lowest BCUT2D eigenvalue weighted by Crippen LogP contribution is -2.12. The molecule has 0 amide bonds. The van der Waals surface area contributed by atoms with Gasteiger partial charge in [-0.1, -0.05) is 11.6 Å². The first-order valence-corrected chi connectivity index (χ1v) is 7.86. The number of aromatic nitrogens is 4. The van der Waals surface area contributed by atoms with Crippen molar-refractivity contribution in [3.8, 4) is 0 Å². The fourth-order valence-electron chi connectivity index (χ4n) is 1.82. The van der Waals surface area contributed by atoms with Gasteiger partial charge in [0.2, 0.25) is 5.28 Å². The Morgan fingerprint density at radius 3 is 2.30 bits per heavy atom. The maximum absolute atomic E-state index is 8.53. The molecule has 0 aromatic carbocycles. The SMILES string of the molecule is OCCOCCOCCOCCn1cnc2c(Cl)nc(Cl)nc21. The second kappa shape index (κ2) is 9.96. The zero-order valence-corrected chi connectivity index (χ0v) is 14.0. The summed E-state index contributed by atoms with van der Waals surface area (Å²) in [7, 11) is 0. The molecular formula is C13H18Cl2N4O4. The molecule has 8 nitrogen and oxygen atoms in total. The van der Waals surface area contributed by atoms with Crippen molar-refractivity contribution in [1.29, 1.82) is 0 Å². The second-order valence-electron chi connectivity index (χ2n) is 4.45. The van der Waals surface area contributed by atoms with Crippen molar-refractivity contribution >= 4 is 34.4 Å². The maximum atomic E-state index is 8.53. The van der Waals surface area contributed by atoms with E-state index in [0.29, 0.717) is 57.3 Å². The van der Waals surface area contributed by atoms with Crippen molar-refractivity contribution in [3.63, 3.8) is 0 Å². The summed E-state index contributed by atoms with van der Waals surface area (Å²) in [6.45, 7) is 3.29. The minimum absolute atomic E-state index is 0.0212. The van der Waals surface area contributed by atoms with Crippen molar-refractivity contribution < 1.29 is 19.3 Å². The molecule has 2 rings (SSSR count). The number of aliphatic hydroxyl groups is 1. The highest BCUT2D eigenvalue weighted by atomic mass is 35.5. The van der Waals surface area contributed by atoms with Gasteiger partial charge in [0.05, 0.1) is 52.6 Å². The van der Waals surface area contributed by atoms with Gasteiger partial charge in [0.1, 0.15) is 5.52 Å². The molecule has 10 heteroatoms. The number of ether oxygens (including phenoxy) is 3. The molecule has 0 unspecified atom stereocenters. The number of fused-ring (bicyclic) bond motifs is 1. The first kappa shape index (κ1) is 18.3. The predicted octanol–water partition coefficient (Wildman–Crippen LogP) is 1.18. The monoisotopic (exact) mass is 364 g/mol. The molecule has 0 atom stereocenters. The summed E-state index contributed by atoms with van der Waals surface area (Å²) in [5, 5.41) is 8.84. The summed E-state index contributed by atoms with van der Waals surface area (Å²) >= 11 is 11.8. The van der Waals surface area contributed by atoms with Crippen LogP contribution in [0.2, 0.25) is 10.4 Å². The van der Waals surface area contributed by atoms with Gasteiger partial charge in [0.25, 0.3) is 0 Å². The van der Waals surface area contributed by atoms with Gasteiger partial charge in [-0.25, -0.2) is 9.97 Å². The van der Waals surface area contributed by atoms with Crippen LogP contribution >= 0.6 is 23.2 Å². The minimum atomic E-state index is 0.0212. The Bertz CT molecular complexity index is 611. The van der Waals surface area contributed by atoms with Gasteiger partial charge in [-0.3, -0.25) is 0 Å². The van der Waals surface area contributed by atoms with Crippen LogP contribution in [0.25, 0.3) is 11.2 Å². The third kappa shape index (κ3) is 5.83. The number of imidazole rings is 1. The van der Waals surface area contributed by atoms with Crippen LogP contribution in [0.1, 0.15) is 0 Å². The maximum Gasteiger partial charge on any atom is 0.225 e. The molecule has 0 aliphatic carbocycles. The topological polar surface area (TPSA) is 91.5 Å². The van der Waals surface area contributed by atoms with E-state index in [1.807, 2.05) is 0 Å². The third-order valence-electron chi connectivity index (χ3n) is 2.85. The summed E-state index contributed by atoms with van der Waals surface area (Å²) < 4.78 is 17.7. The molecule has 23 heavy (non-hydrogen) atoms. The second-order valence-corrected chi connectivity index (χ2v) is 5.15. The molecule has 0 fully saturated rings. The van der Waals surface area contributed by atoms with Crippen LogP contribution in [0, 0.1) is 0 Å². The van der Waals surface area contributed by atoms with E-state index in [0.717, 1.165) is 0 Å². The lowest BCUT2D eigenvalue weighted by molar-refractivity contribution is 0.00671. The van der Waals surface area contributed by atoms with Crippen LogP contribution in [0.5, 0.6) is 0 Å². The van der Waals surface area contributed by atoms with Gasteiger partial charge >= 0.3 is 0 Å². The molecule has 1 N–H and O–H groups in total. The third-order valence-corrected chi connectivity index (χ3v) is 3.28. The molecule has 0 aliphatic heterocycles. The van der Waals surface area contributed by atoms with Crippen molar-refractivity contribution in [2.45, 2.75) is 6.54 Å². The van der Waals surface area contributed by atoms with Crippen LogP contribution in [-0.4, -0.2) is 70.9 Å². The van der Waals surface area contributed by atoms with E-state index >= 15 is 0 Å². The molecule has 0 radical (unpaired) electrons. The largest absolute Gasteiger partial charge is 0.394 e. The molecular weight excluding hydrogens is 347 g/mol. The molecule has 0 spiro atoms. The molecule has 2 aromatic rings. The highest BCUT2D eigenvalue weighted by Crippen LogP contribution is 2.20. The van der Waals surface area contributed by atoms with E-state index in [4.69, 9.17) is 42.5 Å². The van der Waals surface area contributed by atoms with Gasteiger partial charge in [-0.05, 0) is 11.6 Å². The fourth-order valence-corrected chi connectivity index (χ4v) is 2.24. The molecule has 128 valence electrons. The van der Waals surface area contributed by atoms with Crippen LogP contribution in [0.4, 0.5) is 0 Å². The molecule has 0 bridgehead atoms. The number of rotatable bonds is 11. The Kier molecular flexibility index (Phi) is 7.93. The smallest absolute Gasteiger partial charge is 0.225 e. The van der Waals surface area contributed by atoms with E-state index in [2.05, 4.69) is 15.0 Å². The summed E-state index contributed by atoms with van der Waals surface area (Å²) in [5.41, 5.74) is 1.10. The Labute approximate surface area is 143 Å². The number of nitrogens with zero attached hydrogens (tertiary/aromatic N) is 4. The highest BCUT2D eigenvalue weighted by molar-refractivity contribution is 6.35. The van der Waals surface area contributed by atoms with E-state index in [-0.39, 0.29) is 17.0 Å². The van der Waals surface area contributed by atoms with Crippen LogP contribution in [-0.2, 0) is 20.8 Å². The van der Waals surface area contributed by atoms with Crippen LogP contribution in [0.3, 0.4) is 0 Å². The first-order valence-electron chi connectivity index (χ1n) is 7.10. The van der Waals surface area contributed by atoms with Crippen LogP contribution < -0.4 is 0 Å². The van der Waals surface area contributed by atoms with Crippen molar-refractivity contribution in [2.24, 2.45) is 0 Å². The van der Waals surface area contributed by atoms with Gasteiger partial charge in [-0.2, -0.15) is 4.98 Å². The Hall–Kier alpha value is -1.03. The fraction of sp³-hybridized carbons (Fsp3) is 0.615. The average Bonchev–Trinajstić information content (AvgIpc) is 2.92. The van der Waals surface area contributed by atoms with E-state index in [1.165, 1.54) is 0 Å². The van der Waals surface area contributed by atoms with Gasteiger partial charge in [0, 0.05) is 6.54 Å². The lowest BCUT2D eigenvalue weighted by Gasteiger charge is -2.07. The Morgan fingerprint density at radius 1 is 0.957 bits per heavy atom. The van der Waals surface area contributed by atoms with Crippen molar-refractivity contribution in [3.05, 3.63) is 16.8 Å². The van der Waals surface area contributed by atoms with Crippen molar-refractivity contribution in [1.82, 2.24) is 19.5 Å². The highest BCUT2D eigenvalue weighted by Gasteiger charge is 2.10. The Morgan fingerprint density at radius 2 is 1.61 bits per heavy atom. The van der Waals surface area contributed by atoms with E-state index < -0.39 is 0 Å². The number of hydrogen-bond donors (Lipinski definition) is 1. The summed E-state index contributed by atoms with van der Waals surface area (Å²) in [6.07, 6.45) is 1.62. The van der Waals surface area contributed by atoms with Gasteiger partial charge in [0.15, 0.2) is 10.8 Å². The molecule has 2 aromatic heterocycles. The number of halogens is 2. The van der Waals surface area contributed by atoms with Crippen LogP contribution in [0.15, 0.2) is 6.33 Å². The zero-order valence-electron chi connectivity index (χ0n) is 12.5. The molecule has 0 saturated carbocycles. The lowest BCUT2D eigenvalue weighted by atomic mass is 10.5. The zero-order chi connectivity index (χ0) is 16.5. The molecule has 0 aliphatic rings. The standard InChI is InChI=1S/C13H18Cl2N4O4/c14-11-10-12(18-13(15)17-11)19(9-16-10)1-3-21-5-7-23-8-6-22-4-2-20/h9,20H,1-8H2. The minimum Gasteiger partial charge on any atom is -0.394 e. The number of aliphatic hydroxyl groups excluding tert-OH is 1. The molecule has 0 saturated heterocycles. The normalized spacial score (nSPS) is 11.4. The van der Waals surface area contributed by atoms with Gasteiger partial charge < -0.3 is 23.9 Å². The predicted molar refractivity (Wildman–Crippen MR) is 84.9 cm³/mol. The van der Waals surface area contributed by atoms with E-state index in [9.17, 15) is 0 Å². The summed E-state index contributed by atoms with van der Waals surface area (Å²) in [4.78, 5) is 12.1. The summed E-state index contributed by atoms with van der Waals surface area (Å²) in [5.74, 6) is 0. The van der Waals surface area contributed by atoms with Crippen molar-refractivity contribution in [2.75, 3.05) is 46.2 Å². The number of hydrogen-bond acceptors (Lipinski definition) is 7. The quantitative estimate of drug-likeness (QED) is 0.363. The average molecular weight is 365 g/mol. The Balaban J connectivity index is 1.64. The summed E-state index contributed by atoms with van der Waals surface area (Å²) in [6, 6.07) is 0. The van der Waals surface area contributed by atoms with Gasteiger partial charge in [-0.15, -0.1) is 0 Å². The van der Waals surface area contributed by atoms with E-state index in [1.54, 1.807) is 10.9 Å². The molecule has 2 heterocycles. The first-order chi connectivity index (χ1) is 11.2.